The zero-order valence-corrected chi connectivity index (χ0v) is 17.0. The van der Waals surface area contributed by atoms with E-state index in [1.54, 1.807) is 72.8 Å². The summed E-state index contributed by atoms with van der Waals surface area (Å²) in [6.07, 6.45) is 0. The molecule has 3 N–H and O–H groups in total. The van der Waals surface area contributed by atoms with Crippen LogP contribution in [0.1, 0.15) is 15.9 Å². The first-order chi connectivity index (χ1) is 14.8. The van der Waals surface area contributed by atoms with Gasteiger partial charge in [0, 0.05) is 21.9 Å². The van der Waals surface area contributed by atoms with E-state index in [4.69, 9.17) is 5.73 Å². The van der Waals surface area contributed by atoms with Gasteiger partial charge in [0.1, 0.15) is 10.6 Å². The Morgan fingerprint density at radius 3 is 2.09 bits per heavy atom. The molecule has 0 radical (unpaired) electrons. The molecule has 0 bridgehead atoms. The molecule has 0 amide bonds. The third kappa shape index (κ3) is 4.95. The molecule has 4 aromatic carbocycles. The normalized spacial score (nSPS) is 11.4. The van der Waals surface area contributed by atoms with Gasteiger partial charge in [0.05, 0.1) is 11.4 Å². The minimum absolute atomic E-state index is 0. The average molecular weight is 455 g/mol. The number of carbonyl (C=O) groups excluding carboxylic acids is 1. The van der Waals surface area contributed by atoms with E-state index in [-0.39, 0.29) is 57.0 Å². The molecule has 32 heavy (non-hydrogen) atoms. The van der Waals surface area contributed by atoms with E-state index >= 15 is 0 Å². The van der Waals surface area contributed by atoms with Gasteiger partial charge in [0.15, 0.2) is 5.78 Å². The first-order valence-corrected chi connectivity index (χ1v) is 10.7. The van der Waals surface area contributed by atoms with Crippen molar-refractivity contribution in [1.29, 1.82) is 0 Å². The molecule has 0 heterocycles. The number of azo groups is 1. The van der Waals surface area contributed by atoms with Crippen molar-refractivity contribution < 1.29 is 17.8 Å². The predicted octanol–water partition coefficient (Wildman–Crippen LogP) is 4.67. The summed E-state index contributed by atoms with van der Waals surface area (Å²) in [6, 6.07) is 23.2. The maximum atomic E-state index is 12.6. The monoisotopic (exact) mass is 455 g/mol. The van der Waals surface area contributed by atoms with Crippen LogP contribution in [0.5, 0.6) is 0 Å². The van der Waals surface area contributed by atoms with Crippen molar-refractivity contribution in [3.8, 4) is 0 Å². The average Bonchev–Trinajstić information content (AvgIpc) is 2.78. The van der Waals surface area contributed by atoms with Gasteiger partial charge in [-0.3, -0.25) is 9.35 Å². The Labute approximate surface area is 207 Å². The van der Waals surface area contributed by atoms with Crippen molar-refractivity contribution >= 4 is 73.3 Å². The third-order valence-electron chi connectivity index (χ3n) is 4.72. The number of hydrogen-bond acceptors (Lipinski definition) is 6. The van der Waals surface area contributed by atoms with Crippen LogP contribution in [0.25, 0.3) is 10.8 Å². The van der Waals surface area contributed by atoms with Crippen LogP contribution < -0.4 is 5.73 Å². The van der Waals surface area contributed by atoms with E-state index in [2.05, 4.69) is 10.2 Å². The first-order valence-electron chi connectivity index (χ1n) is 9.25. The van der Waals surface area contributed by atoms with Gasteiger partial charge in [0.25, 0.3) is 10.1 Å². The fraction of sp³-hybridized carbons (Fsp3) is 0. The number of rotatable bonds is 5. The molecule has 0 saturated carbocycles. The Hall–Kier alpha value is -2.88. The number of carbonyl (C=O) groups is 1. The molecule has 0 unspecified atom stereocenters. The van der Waals surface area contributed by atoms with Crippen LogP contribution in [0.3, 0.4) is 0 Å². The molecule has 0 aliphatic carbocycles. The molecule has 0 aliphatic heterocycles. The molecule has 4 rings (SSSR count). The van der Waals surface area contributed by atoms with Gasteiger partial charge in [-0.25, -0.2) is 0 Å². The quantitative estimate of drug-likeness (QED) is 0.149. The molecule has 0 spiro atoms. The van der Waals surface area contributed by atoms with Crippen molar-refractivity contribution in [3.05, 3.63) is 96.1 Å². The van der Waals surface area contributed by atoms with Gasteiger partial charge in [-0.2, -0.15) is 13.5 Å². The van der Waals surface area contributed by atoms with Crippen LogP contribution in [-0.2, 0) is 10.1 Å². The van der Waals surface area contributed by atoms with E-state index < -0.39 is 10.1 Å². The van der Waals surface area contributed by atoms with E-state index in [1.807, 2.05) is 6.07 Å². The van der Waals surface area contributed by atoms with Crippen LogP contribution in [-0.4, -0.2) is 48.3 Å². The van der Waals surface area contributed by atoms with Gasteiger partial charge >= 0.3 is 29.6 Å². The topological polar surface area (TPSA) is 122 Å². The fourth-order valence-corrected chi connectivity index (χ4v) is 3.94. The first kappa shape index (κ1) is 23.8. The van der Waals surface area contributed by atoms with Crippen LogP contribution in [0.15, 0.2) is 100 Å². The Morgan fingerprint density at radius 2 is 1.41 bits per heavy atom. The summed E-state index contributed by atoms with van der Waals surface area (Å²) in [5.41, 5.74) is 7.86. The molecular weight excluding hydrogens is 437 g/mol. The number of fused-ring (bicyclic) bond motifs is 1. The Kier molecular flexibility index (Phi) is 7.22. The van der Waals surface area contributed by atoms with Gasteiger partial charge < -0.3 is 5.73 Å². The summed E-state index contributed by atoms with van der Waals surface area (Å²) >= 11 is 0. The number of benzene rings is 4. The van der Waals surface area contributed by atoms with Crippen molar-refractivity contribution in [2.24, 2.45) is 10.2 Å². The Morgan fingerprint density at radius 1 is 0.781 bits per heavy atom. The van der Waals surface area contributed by atoms with Crippen LogP contribution >= 0.6 is 0 Å². The fourth-order valence-electron chi connectivity index (χ4n) is 3.22. The van der Waals surface area contributed by atoms with E-state index in [1.165, 1.54) is 6.07 Å². The van der Waals surface area contributed by atoms with E-state index in [9.17, 15) is 17.8 Å². The van der Waals surface area contributed by atoms with Gasteiger partial charge in [-0.1, -0.05) is 66.7 Å². The summed E-state index contributed by atoms with van der Waals surface area (Å²) in [5, 5.41) is 8.93. The maximum absolute atomic E-state index is 12.6. The summed E-state index contributed by atoms with van der Waals surface area (Å²) in [5.74, 6) is -0.156. The summed E-state index contributed by atoms with van der Waals surface area (Å²) in [6.45, 7) is 0. The zero-order chi connectivity index (χ0) is 22.0. The summed E-state index contributed by atoms with van der Waals surface area (Å²) in [4.78, 5) is 12.3. The Bertz CT molecular complexity index is 1440. The molecule has 7 nitrogen and oxygen atoms in total. The van der Waals surface area contributed by atoms with Crippen LogP contribution in [0, 0.1) is 0 Å². The van der Waals surface area contributed by atoms with Crippen molar-refractivity contribution in [2.75, 3.05) is 5.73 Å². The number of ketones is 1. The van der Waals surface area contributed by atoms with Crippen molar-refractivity contribution in [1.82, 2.24) is 0 Å². The second-order valence-corrected chi connectivity index (χ2v) is 8.16. The molecule has 0 aliphatic rings. The van der Waals surface area contributed by atoms with Gasteiger partial charge in [-0.05, 0) is 18.2 Å². The van der Waals surface area contributed by atoms with Crippen molar-refractivity contribution in [3.63, 3.8) is 0 Å². The van der Waals surface area contributed by atoms with E-state index in [0.29, 0.717) is 22.2 Å². The van der Waals surface area contributed by atoms with Crippen molar-refractivity contribution in [2.45, 2.75) is 4.90 Å². The number of nitrogens with zero attached hydrogens (tertiary/aromatic N) is 2. The molecule has 0 aromatic heterocycles. The molecular formula is C23H18N3NaO4S. The Balaban J connectivity index is 0.00000289. The van der Waals surface area contributed by atoms with Crippen LogP contribution in [0.2, 0.25) is 0 Å². The number of anilines is 1. The number of nitrogens with two attached hydrogens (primary N) is 1. The number of nitrogen functional groups attached to an aromatic ring is 1. The molecule has 0 fully saturated rings. The summed E-state index contributed by atoms with van der Waals surface area (Å²) in [7, 11) is -4.50. The van der Waals surface area contributed by atoms with E-state index in [0.717, 1.165) is 0 Å². The van der Waals surface area contributed by atoms with Gasteiger partial charge in [0.2, 0.25) is 0 Å². The van der Waals surface area contributed by atoms with Crippen LogP contribution in [0.4, 0.5) is 17.1 Å². The zero-order valence-electron chi connectivity index (χ0n) is 16.1. The molecule has 4 aromatic rings. The second-order valence-electron chi connectivity index (χ2n) is 6.77. The summed E-state index contributed by atoms with van der Waals surface area (Å²) < 4.78 is 33.3. The SMILES string of the molecule is Nc1c(/N=N/c2cccc(C(=O)c3ccccc3)c2)cc(S(=O)(=O)O)c2ccccc12.[NaH]. The standard InChI is InChI=1S/C23H17N3O4S.Na.H/c24-22-19-12-5-4-11-18(19)21(31(28,29)30)14-20(22)26-25-17-10-6-9-16(13-17)23(27)15-7-2-1-3-8-15;;/h1-14H,24H2,(H,28,29,30);;/b26-25+;;. The minimum atomic E-state index is -4.50. The van der Waals surface area contributed by atoms with Gasteiger partial charge in [-0.15, -0.1) is 5.11 Å². The third-order valence-corrected chi connectivity index (χ3v) is 5.62. The predicted molar refractivity (Wildman–Crippen MR) is 126 cm³/mol. The second kappa shape index (κ2) is 9.72. The molecule has 0 atom stereocenters. The molecule has 9 heteroatoms. The molecule has 156 valence electrons. The number of hydrogen-bond donors (Lipinski definition) is 2. The molecule has 0 saturated heterocycles.